The average molecular weight is 208 g/mol. The Morgan fingerprint density at radius 2 is 2.27 bits per heavy atom. The van der Waals surface area contributed by atoms with E-state index in [0.29, 0.717) is 5.92 Å². The molecular formula is C10H12N2O3. The number of hydrogen-bond acceptors (Lipinski definition) is 3. The highest BCUT2D eigenvalue weighted by molar-refractivity contribution is 5.71. The van der Waals surface area contributed by atoms with Gasteiger partial charge in [-0.15, -0.1) is 0 Å². The summed E-state index contributed by atoms with van der Waals surface area (Å²) < 4.78 is 1.04. The Bertz CT molecular complexity index is 448. The smallest absolute Gasteiger partial charge is 0.328 e. The molecule has 2 rings (SSSR count). The molecule has 80 valence electrons. The molecular weight excluding hydrogens is 196 g/mol. The number of hydrogen-bond donors (Lipinski definition) is 1. The van der Waals surface area contributed by atoms with Crippen LogP contribution in [0.15, 0.2) is 16.9 Å². The predicted octanol–water partition coefficient (Wildman–Crippen LogP) is 0.766. The third-order valence-electron chi connectivity index (χ3n) is 2.57. The largest absolute Gasteiger partial charge is 0.480 e. The van der Waals surface area contributed by atoms with E-state index in [-0.39, 0.29) is 5.56 Å². The van der Waals surface area contributed by atoms with Crippen molar-refractivity contribution in [1.82, 2.24) is 9.78 Å². The topological polar surface area (TPSA) is 72.2 Å². The van der Waals surface area contributed by atoms with Gasteiger partial charge in [-0.05, 0) is 25.8 Å². The monoisotopic (exact) mass is 208 g/mol. The summed E-state index contributed by atoms with van der Waals surface area (Å²) in [6.45, 7) is 1.45. The van der Waals surface area contributed by atoms with E-state index in [1.54, 1.807) is 6.07 Å². The molecule has 0 aliphatic heterocycles. The fraction of sp³-hybridized carbons (Fsp3) is 0.500. The normalized spacial score (nSPS) is 17.4. The van der Waals surface area contributed by atoms with Gasteiger partial charge in [0.1, 0.15) is 0 Å². The molecule has 0 radical (unpaired) electrons. The van der Waals surface area contributed by atoms with Gasteiger partial charge < -0.3 is 5.11 Å². The molecule has 5 nitrogen and oxygen atoms in total. The third-order valence-corrected chi connectivity index (χ3v) is 2.57. The molecule has 1 N–H and O–H groups in total. The molecule has 0 amide bonds. The van der Waals surface area contributed by atoms with E-state index >= 15 is 0 Å². The fourth-order valence-electron chi connectivity index (χ4n) is 1.42. The van der Waals surface area contributed by atoms with E-state index in [1.807, 2.05) is 0 Å². The molecule has 5 heteroatoms. The molecule has 1 atom stereocenters. The van der Waals surface area contributed by atoms with Crippen LogP contribution in [0.5, 0.6) is 0 Å². The highest BCUT2D eigenvalue weighted by Crippen LogP contribution is 2.38. The van der Waals surface area contributed by atoms with Crippen molar-refractivity contribution in [3.8, 4) is 0 Å². The van der Waals surface area contributed by atoms with Crippen LogP contribution >= 0.6 is 0 Å². The lowest BCUT2D eigenvalue weighted by Crippen LogP contribution is -2.30. The van der Waals surface area contributed by atoms with Crippen molar-refractivity contribution >= 4 is 5.97 Å². The van der Waals surface area contributed by atoms with E-state index in [4.69, 9.17) is 5.11 Å². The van der Waals surface area contributed by atoms with Gasteiger partial charge in [-0.3, -0.25) is 4.79 Å². The van der Waals surface area contributed by atoms with Crippen LogP contribution in [0.25, 0.3) is 0 Å². The Labute approximate surface area is 86.4 Å². The van der Waals surface area contributed by atoms with Gasteiger partial charge in [-0.25, -0.2) is 9.48 Å². The first-order valence-corrected chi connectivity index (χ1v) is 4.92. The summed E-state index contributed by atoms with van der Waals surface area (Å²) in [5.41, 5.74) is 0.456. The summed E-state index contributed by atoms with van der Waals surface area (Å²) in [7, 11) is 0. The first-order valence-electron chi connectivity index (χ1n) is 4.92. The first-order chi connectivity index (χ1) is 7.09. The minimum absolute atomic E-state index is 0.366. The van der Waals surface area contributed by atoms with E-state index in [1.165, 1.54) is 13.0 Å². The summed E-state index contributed by atoms with van der Waals surface area (Å²) in [6.07, 6.45) is 2.15. The van der Waals surface area contributed by atoms with E-state index < -0.39 is 12.0 Å². The van der Waals surface area contributed by atoms with Crippen LogP contribution in [-0.4, -0.2) is 20.9 Å². The van der Waals surface area contributed by atoms with Crippen LogP contribution in [0.1, 0.15) is 37.4 Å². The Balaban J connectivity index is 2.40. The molecule has 1 saturated carbocycles. The van der Waals surface area contributed by atoms with Gasteiger partial charge in [-0.1, -0.05) is 0 Å². The van der Waals surface area contributed by atoms with Crippen molar-refractivity contribution in [2.75, 3.05) is 0 Å². The van der Waals surface area contributed by atoms with Gasteiger partial charge >= 0.3 is 5.97 Å². The van der Waals surface area contributed by atoms with Crippen LogP contribution in [0.3, 0.4) is 0 Å². The second-order valence-corrected chi connectivity index (χ2v) is 3.83. The highest BCUT2D eigenvalue weighted by Gasteiger charge is 2.26. The molecule has 1 heterocycles. The number of aromatic nitrogens is 2. The van der Waals surface area contributed by atoms with Crippen LogP contribution < -0.4 is 5.56 Å². The fourth-order valence-corrected chi connectivity index (χ4v) is 1.42. The van der Waals surface area contributed by atoms with E-state index in [0.717, 1.165) is 23.2 Å². The quantitative estimate of drug-likeness (QED) is 0.796. The summed E-state index contributed by atoms with van der Waals surface area (Å²) in [5.74, 6) is -0.629. The first kappa shape index (κ1) is 9.89. The van der Waals surface area contributed by atoms with Crippen LogP contribution in [-0.2, 0) is 4.79 Å². The van der Waals surface area contributed by atoms with E-state index in [2.05, 4.69) is 5.10 Å². The van der Waals surface area contributed by atoms with E-state index in [9.17, 15) is 9.59 Å². The summed E-state index contributed by atoms with van der Waals surface area (Å²) in [5, 5.41) is 12.9. The van der Waals surface area contributed by atoms with Crippen molar-refractivity contribution in [2.24, 2.45) is 0 Å². The van der Waals surface area contributed by atoms with Gasteiger partial charge in [0, 0.05) is 12.0 Å². The number of nitrogens with zero attached hydrogens (tertiary/aromatic N) is 2. The van der Waals surface area contributed by atoms with Gasteiger partial charge in [0.25, 0.3) is 5.56 Å². The number of carbonyl (C=O) groups is 1. The molecule has 0 bridgehead atoms. The SMILES string of the molecule is CC(C(=O)O)n1nc(C2CC2)ccc1=O. The Kier molecular flexibility index (Phi) is 2.30. The maximum Gasteiger partial charge on any atom is 0.328 e. The lowest BCUT2D eigenvalue weighted by Gasteiger charge is -2.09. The lowest BCUT2D eigenvalue weighted by atomic mass is 10.3. The number of aliphatic carboxylic acids is 1. The van der Waals surface area contributed by atoms with Crippen LogP contribution in [0.4, 0.5) is 0 Å². The number of rotatable bonds is 3. The van der Waals surface area contributed by atoms with Crippen molar-refractivity contribution in [1.29, 1.82) is 0 Å². The molecule has 1 aromatic heterocycles. The molecule has 0 saturated heterocycles. The number of carboxylic acids is 1. The van der Waals surface area contributed by atoms with Gasteiger partial charge in [0.15, 0.2) is 6.04 Å². The molecule has 0 aromatic carbocycles. The Hall–Kier alpha value is -1.65. The molecule has 1 fully saturated rings. The summed E-state index contributed by atoms with van der Waals surface area (Å²) in [4.78, 5) is 22.1. The Morgan fingerprint density at radius 1 is 1.60 bits per heavy atom. The number of carboxylic acid groups (broad SMARTS) is 1. The molecule has 1 aromatic rings. The minimum atomic E-state index is -1.04. The second kappa shape index (κ2) is 3.49. The van der Waals surface area contributed by atoms with Crippen LogP contribution in [0, 0.1) is 0 Å². The Morgan fingerprint density at radius 3 is 2.80 bits per heavy atom. The van der Waals surface area contributed by atoms with Crippen molar-refractivity contribution in [2.45, 2.75) is 31.7 Å². The molecule has 15 heavy (non-hydrogen) atoms. The van der Waals surface area contributed by atoms with Crippen molar-refractivity contribution in [3.05, 3.63) is 28.2 Å². The maximum atomic E-state index is 11.4. The standard InChI is InChI=1S/C10H12N2O3/c1-6(10(14)15)12-9(13)5-4-8(11-12)7-2-3-7/h4-7H,2-3H2,1H3,(H,14,15). The van der Waals surface area contributed by atoms with Gasteiger partial charge in [0.05, 0.1) is 5.69 Å². The zero-order chi connectivity index (χ0) is 11.0. The van der Waals surface area contributed by atoms with Gasteiger partial charge in [-0.2, -0.15) is 5.10 Å². The summed E-state index contributed by atoms with van der Waals surface area (Å²) >= 11 is 0. The zero-order valence-corrected chi connectivity index (χ0v) is 8.38. The zero-order valence-electron chi connectivity index (χ0n) is 8.38. The lowest BCUT2D eigenvalue weighted by molar-refractivity contribution is -0.140. The highest BCUT2D eigenvalue weighted by atomic mass is 16.4. The molecule has 1 aliphatic rings. The van der Waals surface area contributed by atoms with Crippen LogP contribution in [0.2, 0.25) is 0 Å². The maximum absolute atomic E-state index is 11.4. The molecule has 0 spiro atoms. The van der Waals surface area contributed by atoms with Gasteiger partial charge in [0.2, 0.25) is 0 Å². The molecule has 1 aliphatic carbocycles. The summed E-state index contributed by atoms with van der Waals surface area (Å²) in [6, 6.07) is 2.17. The third kappa shape index (κ3) is 1.91. The minimum Gasteiger partial charge on any atom is -0.480 e. The van der Waals surface area contributed by atoms with Crippen molar-refractivity contribution < 1.29 is 9.90 Å². The average Bonchev–Trinajstić information content (AvgIpc) is 3.01. The second-order valence-electron chi connectivity index (χ2n) is 3.83. The predicted molar refractivity (Wildman–Crippen MR) is 52.8 cm³/mol. The van der Waals surface area contributed by atoms with Crippen molar-refractivity contribution in [3.63, 3.8) is 0 Å². The molecule has 1 unspecified atom stereocenters.